The van der Waals surface area contributed by atoms with Gasteiger partial charge in [-0.15, -0.1) is 0 Å². The summed E-state index contributed by atoms with van der Waals surface area (Å²) in [5, 5.41) is 12.4. The Morgan fingerprint density at radius 2 is 1.88 bits per heavy atom. The number of aliphatic hydroxyl groups excluding tert-OH is 1. The van der Waals surface area contributed by atoms with Gasteiger partial charge in [-0.05, 0) is 18.3 Å². The molecular weight excluding hydrogens is 102 g/mol. The lowest BCUT2D eigenvalue weighted by Crippen LogP contribution is -2.56. The number of nitrogens with one attached hydrogen (secondary N) is 1. The van der Waals surface area contributed by atoms with Gasteiger partial charge in [-0.1, -0.05) is 0 Å². The van der Waals surface area contributed by atoms with Crippen LogP contribution in [0.25, 0.3) is 0 Å². The molecule has 3 rings (SSSR count). The molecular formula is C6H11NO. The van der Waals surface area contributed by atoms with Gasteiger partial charge in [0.2, 0.25) is 0 Å². The van der Waals surface area contributed by atoms with Crippen LogP contribution in [-0.4, -0.2) is 24.3 Å². The van der Waals surface area contributed by atoms with Crippen molar-refractivity contribution in [3.63, 3.8) is 0 Å². The lowest BCUT2D eigenvalue weighted by molar-refractivity contribution is -0.0630. The van der Waals surface area contributed by atoms with Crippen LogP contribution in [0, 0.1) is 11.8 Å². The van der Waals surface area contributed by atoms with E-state index in [-0.39, 0.29) is 6.10 Å². The van der Waals surface area contributed by atoms with Gasteiger partial charge in [-0.25, -0.2) is 0 Å². The van der Waals surface area contributed by atoms with Gasteiger partial charge in [0, 0.05) is 13.1 Å². The van der Waals surface area contributed by atoms with Crippen molar-refractivity contribution >= 4 is 0 Å². The summed E-state index contributed by atoms with van der Waals surface area (Å²) in [7, 11) is 0. The second kappa shape index (κ2) is 1.45. The first kappa shape index (κ1) is 4.77. The van der Waals surface area contributed by atoms with Gasteiger partial charge in [0.25, 0.3) is 0 Å². The van der Waals surface area contributed by atoms with Crippen LogP contribution >= 0.6 is 0 Å². The Morgan fingerprint density at radius 1 is 1.25 bits per heavy atom. The highest BCUT2D eigenvalue weighted by molar-refractivity contribution is 4.95. The van der Waals surface area contributed by atoms with Gasteiger partial charge >= 0.3 is 0 Å². The molecule has 46 valence electrons. The van der Waals surface area contributed by atoms with E-state index in [0.717, 1.165) is 13.1 Å². The number of rotatable bonds is 0. The minimum atomic E-state index is 0.0382. The average molecular weight is 113 g/mol. The molecule has 3 fully saturated rings. The van der Waals surface area contributed by atoms with E-state index in [4.69, 9.17) is 0 Å². The molecule has 0 aromatic rings. The maximum Gasteiger partial charge on any atom is 0.0621 e. The van der Waals surface area contributed by atoms with Crippen LogP contribution in [0.3, 0.4) is 0 Å². The molecule has 1 saturated carbocycles. The first-order valence-corrected chi connectivity index (χ1v) is 3.26. The number of fused-ring (bicyclic) bond motifs is 2. The molecule has 2 aliphatic heterocycles. The third-order valence-corrected chi connectivity index (χ3v) is 2.38. The Labute approximate surface area is 48.9 Å². The molecule has 2 nitrogen and oxygen atoms in total. The summed E-state index contributed by atoms with van der Waals surface area (Å²) in [5.74, 6) is 1.18. The van der Waals surface area contributed by atoms with Crippen molar-refractivity contribution in [1.82, 2.24) is 5.32 Å². The van der Waals surface area contributed by atoms with Gasteiger partial charge in [0.1, 0.15) is 0 Å². The van der Waals surface area contributed by atoms with Crippen LogP contribution in [0.4, 0.5) is 0 Å². The molecule has 0 aromatic heterocycles. The van der Waals surface area contributed by atoms with E-state index in [1.807, 2.05) is 0 Å². The fraction of sp³-hybridized carbons (Fsp3) is 1.00. The van der Waals surface area contributed by atoms with Crippen LogP contribution in [0.1, 0.15) is 6.42 Å². The molecule has 1 aliphatic carbocycles. The summed E-state index contributed by atoms with van der Waals surface area (Å²) in [6, 6.07) is 0. The molecule has 0 spiro atoms. The molecule has 3 aliphatic rings. The van der Waals surface area contributed by atoms with Crippen molar-refractivity contribution in [1.29, 1.82) is 0 Å². The number of piperidine rings is 2. The number of hydrogen-bond donors (Lipinski definition) is 2. The molecule has 2 saturated heterocycles. The lowest BCUT2D eigenvalue weighted by Gasteiger charge is -2.46. The Kier molecular flexibility index (Phi) is 0.866. The zero-order valence-corrected chi connectivity index (χ0v) is 4.80. The van der Waals surface area contributed by atoms with Crippen molar-refractivity contribution in [2.24, 2.45) is 11.8 Å². The molecule has 2 bridgehead atoms. The summed E-state index contributed by atoms with van der Waals surface area (Å²) >= 11 is 0. The van der Waals surface area contributed by atoms with Gasteiger partial charge in [0.15, 0.2) is 0 Å². The highest BCUT2D eigenvalue weighted by atomic mass is 16.3. The van der Waals surface area contributed by atoms with Gasteiger partial charge in [-0.3, -0.25) is 0 Å². The van der Waals surface area contributed by atoms with Crippen LogP contribution in [0.5, 0.6) is 0 Å². The van der Waals surface area contributed by atoms with Crippen molar-refractivity contribution in [2.45, 2.75) is 12.5 Å². The fourth-order valence-corrected chi connectivity index (χ4v) is 1.72. The van der Waals surface area contributed by atoms with Crippen LogP contribution in [-0.2, 0) is 0 Å². The topological polar surface area (TPSA) is 32.3 Å². The van der Waals surface area contributed by atoms with E-state index in [1.165, 1.54) is 6.42 Å². The van der Waals surface area contributed by atoms with Crippen LogP contribution < -0.4 is 5.32 Å². The van der Waals surface area contributed by atoms with Crippen LogP contribution in [0.2, 0.25) is 0 Å². The molecule has 2 N–H and O–H groups in total. The summed E-state index contributed by atoms with van der Waals surface area (Å²) in [5.41, 5.74) is 0. The summed E-state index contributed by atoms with van der Waals surface area (Å²) in [4.78, 5) is 0. The first-order valence-electron chi connectivity index (χ1n) is 3.26. The fourth-order valence-electron chi connectivity index (χ4n) is 1.72. The molecule has 2 heterocycles. The molecule has 2 heteroatoms. The van der Waals surface area contributed by atoms with E-state index in [0.29, 0.717) is 11.8 Å². The minimum absolute atomic E-state index is 0.0382. The average Bonchev–Trinajstić information content (AvgIpc) is 1.89. The Hall–Kier alpha value is -0.0800. The van der Waals surface area contributed by atoms with Gasteiger partial charge in [-0.2, -0.15) is 0 Å². The van der Waals surface area contributed by atoms with E-state index in [9.17, 15) is 5.11 Å². The largest absolute Gasteiger partial charge is 0.392 e. The minimum Gasteiger partial charge on any atom is -0.392 e. The highest BCUT2D eigenvalue weighted by Gasteiger charge is 2.42. The van der Waals surface area contributed by atoms with Crippen LogP contribution in [0.15, 0.2) is 0 Å². The second-order valence-electron chi connectivity index (χ2n) is 2.90. The van der Waals surface area contributed by atoms with Crippen molar-refractivity contribution in [2.75, 3.05) is 13.1 Å². The van der Waals surface area contributed by atoms with E-state index >= 15 is 0 Å². The first-order chi connectivity index (χ1) is 3.88. The third kappa shape index (κ3) is 0.446. The number of aliphatic hydroxyl groups is 1. The molecule has 0 unspecified atom stereocenters. The number of hydrogen-bond acceptors (Lipinski definition) is 2. The molecule has 0 aromatic carbocycles. The van der Waals surface area contributed by atoms with E-state index in [1.54, 1.807) is 0 Å². The summed E-state index contributed by atoms with van der Waals surface area (Å²) in [6.07, 6.45) is 1.30. The Balaban J connectivity index is 2.03. The van der Waals surface area contributed by atoms with Gasteiger partial charge < -0.3 is 10.4 Å². The Bertz CT molecular complexity index is 90.7. The Morgan fingerprint density at radius 3 is 2.12 bits per heavy atom. The van der Waals surface area contributed by atoms with E-state index in [2.05, 4.69) is 5.32 Å². The maximum absolute atomic E-state index is 9.19. The molecule has 0 radical (unpaired) electrons. The molecule has 2 atom stereocenters. The standard InChI is InChI=1S/C6H11NO/c8-6-4-1-5(6)3-7-2-4/h4-8H,1-3H2/t4-,5-/m0/s1. The zero-order chi connectivity index (χ0) is 5.56. The van der Waals surface area contributed by atoms with Crippen molar-refractivity contribution in [3.05, 3.63) is 0 Å². The smallest absolute Gasteiger partial charge is 0.0621 e. The normalized spacial score (nSPS) is 52.9. The maximum atomic E-state index is 9.19. The monoisotopic (exact) mass is 113 g/mol. The summed E-state index contributed by atoms with van der Waals surface area (Å²) < 4.78 is 0. The SMILES string of the molecule is OC1[C@@H]2CNC[C@@H]1C2. The van der Waals surface area contributed by atoms with Crippen molar-refractivity contribution in [3.8, 4) is 0 Å². The van der Waals surface area contributed by atoms with E-state index < -0.39 is 0 Å². The predicted octanol–water partition coefficient (Wildman–Crippen LogP) is -0.413. The van der Waals surface area contributed by atoms with Gasteiger partial charge in [0.05, 0.1) is 6.10 Å². The predicted molar refractivity (Wildman–Crippen MR) is 30.5 cm³/mol. The molecule has 8 heavy (non-hydrogen) atoms. The summed E-state index contributed by atoms with van der Waals surface area (Å²) in [6.45, 7) is 2.08. The quantitative estimate of drug-likeness (QED) is 0.447. The van der Waals surface area contributed by atoms with Crippen molar-refractivity contribution < 1.29 is 5.11 Å². The third-order valence-electron chi connectivity index (χ3n) is 2.38. The second-order valence-corrected chi connectivity index (χ2v) is 2.90. The zero-order valence-electron chi connectivity index (χ0n) is 4.80. The highest BCUT2D eigenvalue weighted by Crippen LogP contribution is 2.35. The lowest BCUT2D eigenvalue weighted by atomic mass is 9.69. The molecule has 0 amide bonds.